The standard InChI is InChI=1S/C23H23F3N2O2/c1-4-18-21(15-9-11-17(12-10-15)23(24,25)26)20(22(27)29)14(2)28(18)13-16-7-5-6-8-19(16)30-3/h5-12H,4,13H2,1-3H3,(H2,27,29). The number of amides is 1. The number of alkyl halides is 3. The van der Waals surface area contributed by atoms with Crippen LogP contribution >= 0.6 is 0 Å². The molecular formula is C23H23F3N2O2. The minimum atomic E-state index is -4.43. The van der Waals surface area contributed by atoms with Gasteiger partial charge in [0.15, 0.2) is 0 Å². The van der Waals surface area contributed by atoms with Crippen LogP contribution < -0.4 is 10.5 Å². The summed E-state index contributed by atoms with van der Waals surface area (Å²) in [6, 6.07) is 12.4. The number of carbonyl (C=O) groups excluding carboxylic acids is 1. The normalized spacial score (nSPS) is 11.5. The van der Waals surface area contributed by atoms with E-state index in [0.717, 1.165) is 23.4 Å². The number of nitrogens with zero attached hydrogens (tertiary/aromatic N) is 1. The van der Waals surface area contributed by atoms with E-state index in [1.807, 2.05) is 35.8 Å². The Labute approximate surface area is 173 Å². The van der Waals surface area contributed by atoms with Crippen LogP contribution in [0.2, 0.25) is 0 Å². The summed E-state index contributed by atoms with van der Waals surface area (Å²) >= 11 is 0. The molecule has 3 aromatic rings. The van der Waals surface area contributed by atoms with Gasteiger partial charge in [-0.15, -0.1) is 0 Å². The van der Waals surface area contributed by atoms with E-state index in [4.69, 9.17) is 10.5 Å². The molecule has 0 atom stereocenters. The van der Waals surface area contributed by atoms with Crippen molar-refractivity contribution >= 4 is 5.91 Å². The zero-order valence-corrected chi connectivity index (χ0v) is 17.0. The fourth-order valence-corrected chi connectivity index (χ4v) is 3.82. The molecule has 4 nitrogen and oxygen atoms in total. The van der Waals surface area contributed by atoms with Crippen LogP contribution in [0.15, 0.2) is 48.5 Å². The minimum Gasteiger partial charge on any atom is -0.496 e. The third-order valence-corrected chi connectivity index (χ3v) is 5.23. The van der Waals surface area contributed by atoms with Crippen molar-refractivity contribution in [2.45, 2.75) is 33.0 Å². The van der Waals surface area contributed by atoms with Gasteiger partial charge in [-0.2, -0.15) is 13.2 Å². The van der Waals surface area contributed by atoms with Gasteiger partial charge in [0, 0.05) is 22.5 Å². The number of hydrogen-bond acceptors (Lipinski definition) is 2. The summed E-state index contributed by atoms with van der Waals surface area (Å²) in [6.07, 6.45) is -3.86. The molecule has 0 aliphatic carbocycles. The second-order valence-electron chi connectivity index (χ2n) is 6.97. The number of para-hydroxylation sites is 1. The molecule has 0 bridgehead atoms. The Bertz CT molecular complexity index is 1070. The molecule has 0 radical (unpaired) electrons. The van der Waals surface area contributed by atoms with E-state index in [1.54, 1.807) is 14.0 Å². The highest BCUT2D eigenvalue weighted by Gasteiger charge is 2.31. The van der Waals surface area contributed by atoms with Crippen LogP contribution in [0.3, 0.4) is 0 Å². The van der Waals surface area contributed by atoms with Crippen molar-refractivity contribution in [1.82, 2.24) is 4.57 Å². The summed E-state index contributed by atoms with van der Waals surface area (Å²) < 4.78 is 46.3. The predicted octanol–water partition coefficient (Wildman–Crippen LogP) is 5.20. The molecule has 158 valence electrons. The minimum absolute atomic E-state index is 0.321. The smallest absolute Gasteiger partial charge is 0.416 e. The Hall–Kier alpha value is -3.22. The maximum atomic E-state index is 13.0. The first-order chi connectivity index (χ1) is 14.2. The molecule has 0 aliphatic rings. The van der Waals surface area contributed by atoms with Crippen LogP contribution in [-0.4, -0.2) is 17.6 Å². The van der Waals surface area contributed by atoms with Gasteiger partial charge in [-0.05, 0) is 37.1 Å². The van der Waals surface area contributed by atoms with E-state index < -0.39 is 17.6 Å². The molecule has 0 saturated carbocycles. The Morgan fingerprint density at radius 2 is 1.73 bits per heavy atom. The molecule has 1 aromatic heterocycles. The highest BCUT2D eigenvalue weighted by atomic mass is 19.4. The molecular weight excluding hydrogens is 393 g/mol. The number of halogens is 3. The number of ether oxygens (including phenoxy) is 1. The van der Waals surface area contributed by atoms with Gasteiger partial charge >= 0.3 is 6.18 Å². The number of nitrogens with two attached hydrogens (primary N) is 1. The van der Waals surface area contributed by atoms with Gasteiger partial charge in [0.05, 0.1) is 24.8 Å². The van der Waals surface area contributed by atoms with Crippen molar-refractivity contribution in [3.8, 4) is 16.9 Å². The third kappa shape index (κ3) is 3.92. The average Bonchev–Trinajstić information content (AvgIpc) is 2.99. The van der Waals surface area contributed by atoms with Gasteiger partial charge in [-0.3, -0.25) is 4.79 Å². The summed E-state index contributed by atoms with van der Waals surface area (Å²) in [4.78, 5) is 12.3. The number of primary amides is 1. The average molecular weight is 416 g/mol. The van der Waals surface area contributed by atoms with Crippen LogP contribution in [0.1, 0.15) is 39.8 Å². The first-order valence-electron chi connectivity index (χ1n) is 9.50. The molecule has 0 spiro atoms. The fourth-order valence-electron chi connectivity index (χ4n) is 3.82. The molecule has 7 heteroatoms. The van der Waals surface area contributed by atoms with Crippen molar-refractivity contribution in [3.63, 3.8) is 0 Å². The van der Waals surface area contributed by atoms with Crippen molar-refractivity contribution in [1.29, 1.82) is 0 Å². The maximum absolute atomic E-state index is 13.0. The second-order valence-corrected chi connectivity index (χ2v) is 6.97. The largest absolute Gasteiger partial charge is 0.496 e. The predicted molar refractivity (Wildman–Crippen MR) is 110 cm³/mol. The lowest BCUT2D eigenvalue weighted by molar-refractivity contribution is -0.137. The van der Waals surface area contributed by atoms with Crippen molar-refractivity contribution in [3.05, 3.63) is 76.6 Å². The van der Waals surface area contributed by atoms with Gasteiger partial charge in [0.1, 0.15) is 5.75 Å². The van der Waals surface area contributed by atoms with Crippen LogP contribution in [0, 0.1) is 6.92 Å². The quantitative estimate of drug-likeness (QED) is 0.600. The molecule has 30 heavy (non-hydrogen) atoms. The number of hydrogen-bond donors (Lipinski definition) is 1. The van der Waals surface area contributed by atoms with E-state index in [9.17, 15) is 18.0 Å². The monoisotopic (exact) mass is 416 g/mol. The number of benzene rings is 2. The van der Waals surface area contributed by atoms with E-state index in [-0.39, 0.29) is 0 Å². The van der Waals surface area contributed by atoms with Gasteiger partial charge in [0.25, 0.3) is 5.91 Å². The van der Waals surface area contributed by atoms with Gasteiger partial charge < -0.3 is 15.0 Å². The summed E-state index contributed by atoms with van der Waals surface area (Å²) in [6.45, 7) is 4.17. The van der Waals surface area contributed by atoms with Crippen LogP contribution in [0.5, 0.6) is 5.75 Å². The molecule has 3 rings (SSSR count). The Morgan fingerprint density at radius 3 is 2.27 bits per heavy atom. The lowest BCUT2D eigenvalue weighted by atomic mass is 9.97. The molecule has 1 heterocycles. The molecule has 0 saturated heterocycles. The summed E-state index contributed by atoms with van der Waals surface area (Å²) in [5, 5.41) is 0. The summed E-state index contributed by atoms with van der Waals surface area (Å²) in [5.74, 6) is 0.0974. The molecule has 1 amide bonds. The zero-order chi connectivity index (χ0) is 22.1. The first kappa shape index (κ1) is 21.5. The highest BCUT2D eigenvalue weighted by Crippen LogP contribution is 2.36. The van der Waals surface area contributed by atoms with Gasteiger partial charge in [0.2, 0.25) is 0 Å². The van der Waals surface area contributed by atoms with E-state index in [0.29, 0.717) is 41.1 Å². The molecule has 0 unspecified atom stereocenters. The number of aromatic nitrogens is 1. The van der Waals surface area contributed by atoms with E-state index in [1.165, 1.54) is 12.1 Å². The van der Waals surface area contributed by atoms with Gasteiger partial charge in [-0.1, -0.05) is 37.3 Å². The van der Waals surface area contributed by atoms with Crippen LogP contribution in [-0.2, 0) is 19.1 Å². The lowest BCUT2D eigenvalue weighted by Crippen LogP contribution is -2.14. The number of rotatable bonds is 6. The fraction of sp³-hybridized carbons (Fsp3) is 0.261. The molecule has 0 fully saturated rings. The van der Waals surface area contributed by atoms with Crippen LogP contribution in [0.25, 0.3) is 11.1 Å². The maximum Gasteiger partial charge on any atom is 0.416 e. The molecule has 0 aliphatic heterocycles. The van der Waals surface area contributed by atoms with E-state index in [2.05, 4.69) is 0 Å². The number of carbonyl (C=O) groups is 1. The Balaban J connectivity index is 2.18. The SMILES string of the molecule is CCc1c(-c2ccc(C(F)(F)F)cc2)c(C(N)=O)c(C)n1Cc1ccccc1OC. The van der Waals surface area contributed by atoms with E-state index >= 15 is 0 Å². The zero-order valence-electron chi connectivity index (χ0n) is 17.0. The van der Waals surface area contributed by atoms with Crippen molar-refractivity contribution in [2.75, 3.05) is 7.11 Å². The Morgan fingerprint density at radius 1 is 1.10 bits per heavy atom. The highest BCUT2D eigenvalue weighted by molar-refractivity contribution is 6.02. The summed E-state index contributed by atoms with van der Waals surface area (Å²) in [5.41, 5.74) is 8.77. The summed E-state index contributed by atoms with van der Waals surface area (Å²) in [7, 11) is 1.59. The van der Waals surface area contributed by atoms with Crippen molar-refractivity contribution < 1.29 is 22.7 Å². The van der Waals surface area contributed by atoms with Gasteiger partial charge in [-0.25, -0.2) is 0 Å². The first-order valence-corrected chi connectivity index (χ1v) is 9.50. The topological polar surface area (TPSA) is 57.2 Å². The number of methoxy groups -OCH3 is 1. The Kier molecular flexibility index (Phi) is 5.92. The lowest BCUT2D eigenvalue weighted by Gasteiger charge is -2.14. The molecule has 2 aromatic carbocycles. The third-order valence-electron chi connectivity index (χ3n) is 5.23. The molecule has 2 N–H and O–H groups in total. The van der Waals surface area contributed by atoms with Crippen molar-refractivity contribution in [2.24, 2.45) is 5.73 Å². The second kappa shape index (κ2) is 8.26. The van der Waals surface area contributed by atoms with Crippen LogP contribution in [0.4, 0.5) is 13.2 Å².